The van der Waals surface area contributed by atoms with E-state index in [1.165, 1.54) is 31.4 Å². The Morgan fingerprint density at radius 2 is 1.70 bits per heavy atom. The summed E-state index contributed by atoms with van der Waals surface area (Å²) in [4.78, 5) is 23.7. The first-order valence-corrected chi connectivity index (χ1v) is 11.7. The predicted octanol–water partition coefficient (Wildman–Crippen LogP) is 5.98. The molecule has 2 aromatic rings. The van der Waals surface area contributed by atoms with Gasteiger partial charge in [0.1, 0.15) is 18.1 Å². The molecule has 4 bridgehead atoms. The second-order valence-corrected chi connectivity index (χ2v) is 10.0. The van der Waals surface area contributed by atoms with Gasteiger partial charge in [0.05, 0.1) is 12.0 Å². The molecule has 4 saturated carbocycles. The van der Waals surface area contributed by atoms with E-state index in [0.717, 1.165) is 48.1 Å². The van der Waals surface area contributed by atoms with Crippen LogP contribution in [-0.4, -0.2) is 17.8 Å². The van der Waals surface area contributed by atoms with Crippen molar-refractivity contribution in [2.75, 3.05) is 7.11 Å². The normalized spacial score (nSPS) is 27.6. The third-order valence-corrected chi connectivity index (χ3v) is 7.73. The second kappa shape index (κ2) is 8.65. The number of non-ortho nitro benzene ring substituents is 1. The van der Waals surface area contributed by atoms with Crippen molar-refractivity contribution in [3.8, 4) is 11.5 Å². The van der Waals surface area contributed by atoms with Crippen LogP contribution in [0.3, 0.4) is 0 Å². The number of benzene rings is 2. The number of hydrogen-bond acceptors (Lipinski definition) is 5. The zero-order valence-electron chi connectivity index (χ0n) is 18.9. The van der Waals surface area contributed by atoms with Crippen LogP contribution < -0.4 is 9.47 Å². The van der Waals surface area contributed by atoms with E-state index < -0.39 is 4.92 Å². The molecule has 0 unspecified atom stereocenters. The molecule has 4 fully saturated rings. The minimum atomic E-state index is -0.437. The van der Waals surface area contributed by atoms with Crippen molar-refractivity contribution in [3.05, 3.63) is 69.8 Å². The molecule has 6 rings (SSSR count). The molecular weight excluding hydrogens is 418 g/mol. The van der Waals surface area contributed by atoms with Gasteiger partial charge in [-0.05, 0) is 92.2 Å². The summed E-state index contributed by atoms with van der Waals surface area (Å²) in [7, 11) is 1.61. The quantitative estimate of drug-likeness (QED) is 0.282. The Balaban J connectivity index is 1.28. The van der Waals surface area contributed by atoms with E-state index in [-0.39, 0.29) is 17.7 Å². The molecule has 0 spiro atoms. The first-order valence-electron chi connectivity index (χ1n) is 11.7. The predicted molar refractivity (Wildman–Crippen MR) is 125 cm³/mol. The van der Waals surface area contributed by atoms with E-state index >= 15 is 0 Å². The number of nitro groups is 1. The molecule has 6 nitrogen and oxygen atoms in total. The number of allylic oxidation sites excluding steroid dienone is 1. The van der Waals surface area contributed by atoms with Crippen LogP contribution in [0.4, 0.5) is 5.69 Å². The van der Waals surface area contributed by atoms with Crippen LogP contribution in [0.2, 0.25) is 0 Å². The van der Waals surface area contributed by atoms with Crippen molar-refractivity contribution in [3.63, 3.8) is 0 Å². The molecule has 4 aliphatic rings. The summed E-state index contributed by atoms with van der Waals surface area (Å²) in [6, 6.07) is 11.8. The van der Waals surface area contributed by atoms with Gasteiger partial charge in [0.15, 0.2) is 5.78 Å². The molecule has 6 heteroatoms. The standard InChI is InChI=1S/C27H29NO5/c1-32-25-8-2-18(13-22(25)17-33-24-6-4-23(5-7-24)28(30)31)3-9-26(29)27-14-19-10-20(15-27)12-21(11-19)16-27/h2-9,13,19-21H,10-12,14-17H2,1H3/b9-3+. The summed E-state index contributed by atoms with van der Waals surface area (Å²) >= 11 is 0. The Hall–Kier alpha value is -3.15. The largest absolute Gasteiger partial charge is 0.496 e. The monoisotopic (exact) mass is 447 g/mol. The van der Waals surface area contributed by atoms with Gasteiger partial charge in [0, 0.05) is 23.1 Å². The summed E-state index contributed by atoms with van der Waals surface area (Å²) < 4.78 is 11.3. The molecule has 0 radical (unpaired) electrons. The lowest BCUT2D eigenvalue weighted by atomic mass is 9.48. The van der Waals surface area contributed by atoms with E-state index in [1.807, 2.05) is 24.3 Å². The van der Waals surface area contributed by atoms with Crippen molar-refractivity contribution >= 4 is 17.5 Å². The summed E-state index contributed by atoms with van der Waals surface area (Å²) in [5.41, 5.74) is 1.67. The van der Waals surface area contributed by atoms with Crippen molar-refractivity contribution in [2.45, 2.75) is 45.1 Å². The summed E-state index contributed by atoms with van der Waals surface area (Å²) in [5.74, 6) is 3.77. The molecule has 0 aromatic heterocycles. The third kappa shape index (κ3) is 4.39. The summed E-state index contributed by atoms with van der Waals surface area (Å²) in [5, 5.41) is 10.8. The molecule has 0 aliphatic heterocycles. The van der Waals surface area contributed by atoms with Gasteiger partial charge in [0.2, 0.25) is 0 Å². The summed E-state index contributed by atoms with van der Waals surface area (Å²) in [6.45, 7) is 0.256. The maximum Gasteiger partial charge on any atom is 0.269 e. The molecule has 0 atom stereocenters. The molecule has 0 heterocycles. The Morgan fingerprint density at radius 1 is 1.06 bits per heavy atom. The van der Waals surface area contributed by atoms with Crippen molar-refractivity contribution in [1.82, 2.24) is 0 Å². The van der Waals surface area contributed by atoms with Gasteiger partial charge in [-0.2, -0.15) is 0 Å². The van der Waals surface area contributed by atoms with Gasteiger partial charge >= 0.3 is 0 Å². The van der Waals surface area contributed by atoms with E-state index in [1.54, 1.807) is 25.3 Å². The van der Waals surface area contributed by atoms with Gasteiger partial charge in [-0.15, -0.1) is 0 Å². The number of hydrogen-bond donors (Lipinski definition) is 0. The lowest BCUT2D eigenvalue weighted by Gasteiger charge is -2.55. The SMILES string of the molecule is COc1ccc(/C=C/C(=O)C23CC4CC(CC(C4)C2)C3)cc1COc1ccc([N+](=O)[O-])cc1. The minimum Gasteiger partial charge on any atom is -0.496 e. The molecule has 0 amide bonds. The van der Waals surface area contributed by atoms with Crippen molar-refractivity contribution < 1.29 is 19.2 Å². The van der Waals surface area contributed by atoms with E-state index in [0.29, 0.717) is 17.3 Å². The number of methoxy groups -OCH3 is 1. The molecule has 4 aliphatic carbocycles. The van der Waals surface area contributed by atoms with Crippen LogP contribution in [0.5, 0.6) is 11.5 Å². The fourth-order valence-corrected chi connectivity index (χ4v) is 6.60. The highest BCUT2D eigenvalue weighted by molar-refractivity contribution is 5.98. The Morgan fingerprint density at radius 3 is 2.27 bits per heavy atom. The molecule has 0 N–H and O–H groups in total. The van der Waals surface area contributed by atoms with Crippen molar-refractivity contribution in [2.24, 2.45) is 23.2 Å². The molecule has 33 heavy (non-hydrogen) atoms. The number of ether oxygens (including phenoxy) is 2. The maximum absolute atomic E-state index is 13.3. The van der Waals surface area contributed by atoms with Crippen LogP contribution in [0, 0.1) is 33.3 Å². The van der Waals surface area contributed by atoms with Gasteiger partial charge in [-0.25, -0.2) is 0 Å². The first kappa shape index (κ1) is 21.7. The fourth-order valence-electron chi connectivity index (χ4n) is 6.60. The molecule has 172 valence electrons. The topological polar surface area (TPSA) is 78.7 Å². The van der Waals surface area contributed by atoms with E-state index in [9.17, 15) is 14.9 Å². The van der Waals surface area contributed by atoms with Gasteiger partial charge in [-0.3, -0.25) is 14.9 Å². The second-order valence-electron chi connectivity index (χ2n) is 10.0. The fraction of sp³-hybridized carbons (Fsp3) is 0.444. The Kier molecular flexibility index (Phi) is 5.69. The lowest BCUT2D eigenvalue weighted by Crippen LogP contribution is -2.49. The number of nitrogens with zero attached hydrogens (tertiary/aromatic N) is 1. The zero-order chi connectivity index (χ0) is 23.0. The smallest absolute Gasteiger partial charge is 0.269 e. The molecular formula is C27H29NO5. The van der Waals surface area contributed by atoms with Crippen LogP contribution in [0.25, 0.3) is 6.08 Å². The Bertz CT molecular complexity index is 1050. The van der Waals surface area contributed by atoms with Gasteiger partial charge < -0.3 is 9.47 Å². The average molecular weight is 448 g/mol. The first-order chi connectivity index (χ1) is 15.9. The Labute approximate surface area is 193 Å². The lowest BCUT2D eigenvalue weighted by molar-refractivity contribution is -0.384. The third-order valence-electron chi connectivity index (χ3n) is 7.73. The van der Waals surface area contributed by atoms with Crippen LogP contribution >= 0.6 is 0 Å². The highest BCUT2D eigenvalue weighted by Gasteiger charge is 2.53. The minimum absolute atomic E-state index is 0.0238. The number of carbonyl (C=O) groups excluding carboxylic acids is 1. The van der Waals surface area contributed by atoms with E-state index in [2.05, 4.69) is 0 Å². The number of rotatable bonds is 8. The average Bonchev–Trinajstić information content (AvgIpc) is 2.80. The van der Waals surface area contributed by atoms with Crippen LogP contribution in [0.15, 0.2) is 48.5 Å². The van der Waals surface area contributed by atoms with Crippen LogP contribution in [0.1, 0.15) is 49.7 Å². The highest BCUT2D eigenvalue weighted by Crippen LogP contribution is 2.60. The number of carbonyl (C=O) groups is 1. The zero-order valence-corrected chi connectivity index (χ0v) is 18.9. The van der Waals surface area contributed by atoms with Gasteiger partial charge in [0.25, 0.3) is 5.69 Å². The molecule has 2 aromatic carbocycles. The van der Waals surface area contributed by atoms with Gasteiger partial charge in [-0.1, -0.05) is 12.1 Å². The van der Waals surface area contributed by atoms with E-state index in [4.69, 9.17) is 9.47 Å². The van der Waals surface area contributed by atoms with Crippen molar-refractivity contribution in [1.29, 1.82) is 0 Å². The molecule has 0 saturated heterocycles. The summed E-state index contributed by atoms with van der Waals surface area (Å²) in [6.07, 6.45) is 10.9. The maximum atomic E-state index is 13.3. The van der Waals surface area contributed by atoms with Crippen LogP contribution in [-0.2, 0) is 11.4 Å². The highest BCUT2D eigenvalue weighted by atomic mass is 16.6. The number of nitro benzene ring substituents is 1. The number of ketones is 1.